The maximum absolute atomic E-state index is 11.6. The average molecular weight is 326 g/mol. The molecule has 3 rings (SSSR count). The highest BCUT2D eigenvalue weighted by Crippen LogP contribution is 2.49. The Morgan fingerprint density at radius 2 is 1.50 bits per heavy atom. The van der Waals surface area contributed by atoms with Gasteiger partial charge in [-0.15, -0.1) is 0 Å². The molecule has 24 heavy (non-hydrogen) atoms. The van der Waals surface area contributed by atoms with Gasteiger partial charge in [-0.3, -0.25) is 9.59 Å². The molecule has 124 valence electrons. The van der Waals surface area contributed by atoms with E-state index in [1.54, 1.807) is 6.07 Å². The van der Waals surface area contributed by atoms with Gasteiger partial charge in [0.2, 0.25) is 0 Å². The molecule has 0 atom stereocenters. The van der Waals surface area contributed by atoms with Gasteiger partial charge < -0.3 is 14.2 Å². The van der Waals surface area contributed by atoms with E-state index < -0.39 is 17.5 Å². The summed E-state index contributed by atoms with van der Waals surface area (Å²) in [7, 11) is 0. The van der Waals surface area contributed by atoms with Crippen LogP contribution < -0.4 is 14.2 Å². The molecule has 0 spiro atoms. The third-order valence-corrected chi connectivity index (χ3v) is 3.62. The van der Waals surface area contributed by atoms with Crippen molar-refractivity contribution >= 4 is 28.8 Å². The molecule has 5 heteroatoms. The molecule has 1 aliphatic heterocycles. The Kier molecular flexibility index (Phi) is 3.79. The predicted octanol–water partition coefficient (Wildman–Crippen LogP) is 3.87. The van der Waals surface area contributed by atoms with Crippen LogP contribution in [0.5, 0.6) is 17.2 Å². The molecular formula is C19H18O5. The van der Waals surface area contributed by atoms with Crippen molar-refractivity contribution < 1.29 is 23.8 Å². The van der Waals surface area contributed by atoms with Crippen LogP contribution >= 0.6 is 0 Å². The van der Waals surface area contributed by atoms with E-state index >= 15 is 0 Å². The number of carbonyl (C=O) groups is 2. The first-order valence-electron chi connectivity index (χ1n) is 7.62. The highest BCUT2D eigenvalue weighted by Gasteiger charge is 2.30. The van der Waals surface area contributed by atoms with E-state index in [4.69, 9.17) is 14.2 Å². The van der Waals surface area contributed by atoms with E-state index in [9.17, 15) is 9.59 Å². The molecule has 0 bridgehead atoms. The monoisotopic (exact) mass is 326 g/mol. The summed E-state index contributed by atoms with van der Waals surface area (Å²) in [6.45, 7) is 6.47. The van der Waals surface area contributed by atoms with Gasteiger partial charge in [-0.25, -0.2) is 0 Å². The topological polar surface area (TPSA) is 61.8 Å². The molecule has 5 nitrogen and oxygen atoms in total. The average Bonchev–Trinajstić information content (AvgIpc) is 2.49. The standard InChI is InChI=1S/C19H18O5/c1-11(20)22-16-13-7-5-6-8-14(13)17(23-12(2)21)18-15(16)9-10-19(3,4)24-18/h5-10H,1-4H3. The van der Waals surface area contributed by atoms with Crippen LogP contribution in [0.2, 0.25) is 0 Å². The molecule has 0 N–H and O–H groups in total. The number of esters is 2. The van der Waals surface area contributed by atoms with E-state index in [-0.39, 0.29) is 0 Å². The summed E-state index contributed by atoms with van der Waals surface area (Å²) in [5, 5.41) is 1.32. The molecule has 0 saturated carbocycles. The van der Waals surface area contributed by atoms with Gasteiger partial charge >= 0.3 is 11.9 Å². The van der Waals surface area contributed by atoms with Crippen LogP contribution in [-0.4, -0.2) is 17.5 Å². The number of ether oxygens (including phenoxy) is 3. The first-order chi connectivity index (χ1) is 11.3. The Labute approximate surface area is 139 Å². The minimum Gasteiger partial charge on any atom is -0.479 e. The third-order valence-electron chi connectivity index (χ3n) is 3.62. The second-order valence-electron chi connectivity index (χ2n) is 6.17. The first-order valence-corrected chi connectivity index (χ1v) is 7.62. The van der Waals surface area contributed by atoms with Gasteiger partial charge in [0, 0.05) is 24.6 Å². The van der Waals surface area contributed by atoms with Gasteiger partial charge in [-0.1, -0.05) is 24.3 Å². The van der Waals surface area contributed by atoms with E-state index in [0.717, 1.165) is 0 Å². The summed E-state index contributed by atoms with van der Waals surface area (Å²) in [4.78, 5) is 23.1. The lowest BCUT2D eigenvalue weighted by Gasteiger charge is -2.30. The van der Waals surface area contributed by atoms with Crippen LogP contribution in [0.4, 0.5) is 0 Å². The van der Waals surface area contributed by atoms with Crippen molar-refractivity contribution in [2.45, 2.75) is 33.3 Å². The van der Waals surface area contributed by atoms with Crippen molar-refractivity contribution in [3.8, 4) is 17.2 Å². The van der Waals surface area contributed by atoms with Crippen LogP contribution in [0, 0.1) is 0 Å². The Bertz CT molecular complexity index is 877. The van der Waals surface area contributed by atoms with Gasteiger partial charge in [0.25, 0.3) is 0 Å². The largest absolute Gasteiger partial charge is 0.479 e. The zero-order valence-corrected chi connectivity index (χ0v) is 14.0. The van der Waals surface area contributed by atoms with Gasteiger partial charge in [0.1, 0.15) is 11.4 Å². The van der Waals surface area contributed by atoms with E-state index in [1.165, 1.54) is 13.8 Å². The van der Waals surface area contributed by atoms with Crippen molar-refractivity contribution in [1.82, 2.24) is 0 Å². The maximum Gasteiger partial charge on any atom is 0.308 e. The first kappa shape index (κ1) is 16.1. The number of carbonyl (C=O) groups excluding carboxylic acids is 2. The summed E-state index contributed by atoms with van der Waals surface area (Å²) in [5.41, 5.74) is 0.0113. The van der Waals surface area contributed by atoms with Crippen molar-refractivity contribution in [3.05, 3.63) is 35.9 Å². The second-order valence-corrected chi connectivity index (χ2v) is 6.17. The molecule has 2 aromatic carbocycles. The van der Waals surface area contributed by atoms with Crippen LogP contribution in [0.25, 0.3) is 16.8 Å². The zero-order chi connectivity index (χ0) is 17.5. The van der Waals surface area contributed by atoms with Crippen LogP contribution in [0.3, 0.4) is 0 Å². The lowest BCUT2D eigenvalue weighted by Crippen LogP contribution is -2.28. The molecule has 0 aliphatic carbocycles. The number of benzene rings is 2. The quantitative estimate of drug-likeness (QED) is 0.619. The summed E-state index contributed by atoms with van der Waals surface area (Å²) in [6, 6.07) is 7.27. The van der Waals surface area contributed by atoms with Crippen molar-refractivity contribution in [2.75, 3.05) is 0 Å². The fourth-order valence-corrected chi connectivity index (χ4v) is 2.70. The predicted molar refractivity (Wildman–Crippen MR) is 90.3 cm³/mol. The summed E-state index contributed by atoms with van der Waals surface area (Å²) >= 11 is 0. The highest BCUT2D eigenvalue weighted by molar-refractivity contribution is 6.02. The SMILES string of the molecule is CC(=O)Oc1c2c(c(OC(C)=O)c3ccccc13)OC(C)(C)C=C2. The second kappa shape index (κ2) is 5.67. The molecule has 2 aromatic rings. The minimum absolute atomic E-state index is 0.335. The van der Waals surface area contributed by atoms with Crippen LogP contribution in [-0.2, 0) is 9.59 Å². The number of hydrogen-bond donors (Lipinski definition) is 0. The fraction of sp³-hybridized carbons (Fsp3) is 0.263. The Hall–Kier alpha value is -2.82. The number of fused-ring (bicyclic) bond motifs is 2. The van der Waals surface area contributed by atoms with E-state index in [1.807, 2.05) is 44.2 Å². The molecule has 0 unspecified atom stereocenters. The lowest BCUT2D eigenvalue weighted by molar-refractivity contribution is -0.133. The van der Waals surface area contributed by atoms with Gasteiger partial charge in [-0.05, 0) is 26.0 Å². The molecule has 1 heterocycles. The number of rotatable bonds is 2. The maximum atomic E-state index is 11.6. The molecule has 0 saturated heterocycles. The van der Waals surface area contributed by atoms with Crippen molar-refractivity contribution in [2.24, 2.45) is 0 Å². The normalized spacial score (nSPS) is 14.7. The Morgan fingerprint density at radius 1 is 0.958 bits per heavy atom. The highest BCUT2D eigenvalue weighted by atomic mass is 16.6. The van der Waals surface area contributed by atoms with E-state index in [0.29, 0.717) is 33.6 Å². The number of hydrogen-bond acceptors (Lipinski definition) is 5. The minimum atomic E-state index is -0.572. The Morgan fingerprint density at radius 3 is 2.08 bits per heavy atom. The fourth-order valence-electron chi connectivity index (χ4n) is 2.70. The summed E-state index contributed by atoms with van der Waals surface area (Å²) in [5.74, 6) is 0.254. The molecule has 0 radical (unpaired) electrons. The lowest BCUT2D eigenvalue weighted by atomic mass is 9.97. The molecule has 0 amide bonds. The molecule has 1 aliphatic rings. The van der Waals surface area contributed by atoms with E-state index in [2.05, 4.69) is 0 Å². The van der Waals surface area contributed by atoms with Gasteiger partial charge in [-0.2, -0.15) is 0 Å². The smallest absolute Gasteiger partial charge is 0.308 e. The zero-order valence-electron chi connectivity index (χ0n) is 14.0. The van der Waals surface area contributed by atoms with Crippen molar-refractivity contribution in [1.29, 1.82) is 0 Å². The third kappa shape index (κ3) is 2.85. The van der Waals surface area contributed by atoms with Gasteiger partial charge in [0.05, 0.1) is 5.56 Å². The Balaban J connectivity index is 2.39. The molecular weight excluding hydrogens is 308 g/mol. The molecule has 0 aromatic heterocycles. The molecule has 0 fully saturated rings. The summed E-state index contributed by atoms with van der Waals surface area (Å²) < 4.78 is 16.9. The van der Waals surface area contributed by atoms with Crippen LogP contribution in [0.1, 0.15) is 33.3 Å². The summed E-state index contributed by atoms with van der Waals surface area (Å²) in [6.07, 6.45) is 3.70. The van der Waals surface area contributed by atoms with Crippen LogP contribution in [0.15, 0.2) is 30.3 Å². The van der Waals surface area contributed by atoms with Crippen molar-refractivity contribution in [3.63, 3.8) is 0 Å². The van der Waals surface area contributed by atoms with Gasteiger partial charge in [0.15, 0.2) is 11.5 Å².